The van der Waals surface area contributed by atoms with E-state index in [1.807, 2.05) is 0 Å². The van der Waals surface area contributed by atoms with Crippen molar-refractivity contribution in [2.45, 2.75) is 18.6 Å². The minimum atomic E-state index is -4.95. The molecule has 1 aliphatic rings. The molecule has 1 amide bonds. The first-order valence-electron chi connectivity index (χ1n) is 7.19. The van der Waals surface area contributed by atoms with Gasteiger partial charge in [-0.2, -0.15) is 26.3 Å². The summed E-state index contributed by atoms with van der Waals surface area (Å²) in [6.45, 7) is 0.0882. The summed E-state index contributed by atoms with van der Waals surface area (Å²) in [6, 6.07) is 1.03. The van der Waals surface area contributed by atoms with Gasteiger partial charge < -0.3 is 15.3 Å². The molecular formula is C14H15F6N3O2. The Kier molecular flexibility index (Phi) is 5.47. The Morgan fingerprint density at radius 2 is 1.72 bits per heavy atom. The summed E-state index contributed by atoms with van der Waals surface area (Å²) in [5.74, 6) is -0.550. The van der Waals surface area contributed by atoms with Gasteiger partial charge in [0.2, 0.25) is 5.91 Å². The Labute approximate surface area is 138 Å². The zero-order valence-electron chi connectivity index (χ0n) is 12.7. The lowest BCUT2D eigenvalue weighted by Crippen LogP contribution is -2.53. The smallest absolute Gasteiger partial charge is 0.377 e. The van der Waals surface area contributed by atoms with Crippen LogP contribution in [0, 0.1) is 0 Å². The number of nitrogens with one attached hydrogen (secondary N) is 2. The Balaban J connectivity index is 2.14. The number of carbonyl (C=O) groups excluding carboxylic acids is 1. The number of β-amino-alcohol motifs (C(OH)–C–C–N with tert-alkyl or cyclic N) is 1. The molecule has 5 nitrogen and oxygen atoms in total. The van der Waals surface area contributed by atoms with Gasteiger partial charge in [-0.1, -0.05) is 0 Å². The first-order chi connectivity index (χ1) is 11.5. The highest BCUT2D eigenvalue weighted by Crippen LogP contribution is 2.37. The molecule has 1 atom stereocenters. The van der Waals surface area contributed by atoms with Crippen molar-refractivity contribution in [2.75, 3.05) is 31.5 Å². The highest BCUT2D eigenvalue weighted by Gasteiger charge is 2.37. The number of carbonyl (C=O) groups is 1. The SMILES string of the molecule is O=C(CNc1cc(C(F)(F)F)cc(C(F)(F)F)c1)N1CCNC(O)C1. The molecule has 1 saturated heterocycles. The van der Waals surface area contributed by atoms with Crippen LogP contribution in [-0.2, 0) is 17.1 Å². The summed E-state index contributed by atoms with van der Waals surface area (Å²) in [5, 5.41) is 14.4. The first-order valence-corrected chi connectivity index (χ1v) is 7.19. The summed E-state index contributed by atoms with van der Waals surface area (Å²) in [4.78, 5) is 13.2. The lowest BCUT2D eigenvalue weighted by Gasteiger charge is -2.31. The van der Waals surface area contributed by atoms with Crippen molar-refractivity contribution in [3.63, 3.8) is 0 Å². The summed E-state index contributed by atoms with van der Waals surface area (Å²) in [7, 11) is 0. The Morgan fingerprint density at radius 1 is 1.16 bits per heavy atom. The van der Waals surface area contributed by atoms with Crippen molar-refractivity contribution >= 4 is 11.6 Å². The number of amides is 1. The Hall–Kier alpha value is -2.01. The molecule has 1 heterocycles. The van der Waals surface area contributed by atoms with Crippen LogP contribution >= 0.6 is 0 Å². The van der Waals surface area contributed by atoms with Crippen LogP contribution in [0.2, 0.25) is 0 Å². The maximum atomic E-state index is 12.8. The zero-order valence-corrected chi connectivity index (χ0v) is 12.7. The molecule has 2 rings (SSSR count). The van der Waals surface area contributed by atoms with Gasteiger partial charge in [0.05, 0.1) is 24.2 Å². The Bertz CT molecular complexity index is 600. The van der Waals surface area contributed by atoms with E-state index >= 15 is 0 Å². The molecule has 1 fully saturated rings. The summed E-state index contributed by atoms with van der Waals surface area (Å²) >= 11 is 0. The van der Waals surface area contributed by atoms with Crippen molar-refractivity contribution in [2.24, 2.45) is 0 Å². The second-order valence-electron chi connectivity index (χ2n) is 5.46. The minimum absolute atomic E-state index is 0.0136. The van der Waals surface area contributed by atoms with Gasteiger partial charge >= 0.3 is 12.4 Å². The first kappa shape index (κ1) is 19.3. The number of halogens is 6. The number of benzene rings is 1. The topological polar surface area (TPSA) is 64.6 Å². The molecule has 3 N–H and O–H groups in total. The van der Waals surface area contributed by atoms with Gasteiger partial charge in [0, 0.05) is 18.8 Å². The monoisotopic (exact) mass is 371 g/mol. The number of hydrogen-bond donors (Lipinski definition) is 3. The lowest BCUT2D eigenvalue weighted by molar-refractivity contribution is -0.143. The van der Waals surface area contributed by atoms with Crippen molar-refractivity contribution in [1.29, 1.82) is 0 Å². The maximum Gasteiger partial charge on any atom is 0.416 e. The molecule has 0 bridgehead atoms. The van der Waals surface area contributed by atoms with E-state index in [-0.39, 0.29) is 19.2 Å². The van der Waals surface area contributed by atoms with Gasteiger partial charge in [-0.25, -0.2) is 0 Å². The average Bonchev–Trinajstić information content (AvgIpc) is 2.50. The third-order valence-corrected chi connectivity index (χ3v) is 3.54. The number of anilines is 1. The van der Waals surface area contributed by atoms with Crippen LogP contribution in [0.5, 0.6) is 0 Å². The highest BCUT2D eigenvalue weighted by atomic mass is 19.4. The van der Waals surface area contributed by atoms with Crippen LogP contribution in [0.25, 0.3) is 0 Å². The highest BCUT2D eigenvalue weighted by molar-refractivity contribution is 5.81. The van der Waals surface area contributed by atoms with E-state index in [4.69, 9.17) is 0 Å². The molecule has 1 aromatic rings. The standard InChI is InChI=1S/C14H15F6N3O2/c15-13(16,17)8-3-9(14(18,19)20)5-10(4-8)22-6-12(25)23-2-1-21-11(24)7-23/h3-5,11,21-22,24H,1-2,6-7H2. The second-order valence-corrected chi connectivity index (χ2v) is 5.46. The van der Waals surface area contributed by atoms with E-state index < -0.39 is 47.8 Å². The van der Waals surface area contributed by atoms with Crippen molar-refractivity contribution in [1.82, 2.24) is 10.2 Å². The summed E-state index contributed by atoms with van der Waals surface area (Å²) in [5.41, 5.74) is -3.39. The van der Waals surface area contributed by atoms with Gasteiger partial charge in [-0.05, 0) is 18.2 Å². The molecule has 0 aromatic heterocycles. The van der Waals surface area contributed by atoms with E-state index in [2.05, 4.69) is 10.6 Å². The molecule has 0 saturated carbocycles. The fourth-order valence-electron chi connectivity index (χ4n) is 2.30. The molecule has 0 aliphatic carbocycles. The molecule has 1 aliphatic heterocycles. The largest absolute Gasteiger partial charge is 0.416 e. The van der Waals surface area contributed by atoms with Crippen LogP contribution < -0.4 is 10.6 Å². The van der Waals surface area contributed by atoms with Crippen LogP contribution in [-0.4, -0.2) is 48.3 Å². The van der Waals surface area contributed by atoms with E-state index in [0.29, 0.717) is 18.7 Å². The van der Waals surface area contributed by atoms with Crippen LogP contribution in [0.1, 0.15) is 11.1 Å². The van der Waals surface area contributed by atoms with E-state index in [9.17, 15) is 36.2 Å². The fourth-order valence-corrected chi connectivity index (χ4v) is 2.30. The van der Waals surface area contributed by atoms with Gasteiger partial charge in [0.1, 0.15) is 6.23 Å². The zero-order chi connectivity index (χ0) is 18.8. The second kappa shape index (κ2) is 7.08. The average molecular weight is 371 g/mol. The molecule has 1 unspecified atom stereocenters. The molecule has 0 spiro atoms. The molecule has 25 heavy (non-hydrogen) atoms. The molecule has 1 aromatic carbocycles. The van der Waals surface area contributed by atoms with Gasteiger partial charge in [-0.15, -0.1) is 0 Å². The number of hydrogen-bond acceptors (Lipinski definition) is 4. The maximum absolute atomic E-state index is 12.8. The molecule has 0 radical (unpaired) electrons. The van der Waals surface area contributed by atoms with E-state index in [1.165, 1.54) is 4.90 Å². The number of nitrogens with zero attached hydrogens (tertiary/aromatic N) is 1. The van der Waals surface area contributed by atoms with Crippen molar-refractivity contribution in [3.05, 3.63) is 29.3 Å². The van der Waals surface area contributed by atoms with Crippen LogP contribution in [0.3, 0.4) is 0 Å². The van der Waals surface area contributed by atoms with Gasteiger partial charge in [0.15, 0.2) is 0 Å². The predicted molar refractivity (Wildman–Crippen MR) is 75.5 cm³/mol. The predicted octanol–water partition coefficient (Wildman–Crippen LogP) is 1.89. The minimum Gasteiger partial charge on any atom is -0.377 e. The van der Waals surface area contributed by atoms with Crippen molar-refractivity contribution in [3.8, 4) is 0 Å². The van der Waals surface area contributed by atoms with Crippen LogP contribution in [0.15, 0.2) is 18.2 Å². The third kappa shape index (κ3) is 5.23. The summed E-state index contributed by atoms with van der Waals surface area (Å²) in [6.07, 6.45) is -10.8. The summed E-state index contributed by atoms with van der Waals surface area (Å²) < 4.78 is 76.6. The number of aliphatic hydroxyl groups excluding tert-OH is 1. The number of aliphatic hydroxyl groups is 1. The van der Waals surface area contributed by atoms with Gasteiger partial charge in [0.25, 0.3) is 0 Å². The quantitative estimate of drug-likeness (QED) is 0.710. The third-order valence-electron chi connectivity index (χ3n) is 3.54. The van der Waals surface area contributed by atoms with E-state index in [0.717, 1.165) is 0 Å². The van der Waals surface area contributed by atoms with Crippen LogP contribution in [0.4, 0.5) is 32.0 Å². The normalized spacial score (nSPS) is 19.0. The molecule has 140 valence electrons. The van der Waals surface area contributed by atoms with Gasteiger partial charge in [-0.3, -0.25) is 10.1 Å². The number of piperazine rings is 1. The number of alkyl halides is 6. The van der Waals surface area contributed by atoms with Crippen molar-refractivity contribution < 1.29 is 36.2 Å². The molecular weight excluding hydrogens is 356 g/mol. The Morgan fingerprint density at radius 3 is 2.20 bits per heavy atom. The molecule has 11 heteroatoms. The number of rotatable bonds is 3. The fraction of sp³-hybridized carbons (Fsp3) is 0.500. The lowest BCUT2D eigenvalue weighted by atomic mass is 10.1. The van der Waals surface area contributed by atoms with E-state index in [1.54, 1.807) is 0 Å².